The van der Waals surface area contributed by atoms with E-state index in [1.54, 1.807) is 6.26 Å². The molecule has 0 fully saturated rings. The first-order valence-electron chi connectivity index (χ1n) is 4.01. The molecule has 1 amide bonds. The van der Waals surface area contributed by atoms with Crippen molar-refractivity contribution < 1.29 is 14.1 Å². The van der Waals surface area contributed by atoms with Crippen molar-refractivity contribution in [1.29, 1.82) is 0 Å². The van der Waals surface area contributed by atoms with Crippen molar-refractivity contribution in [3.8, 4) is 0 Å². The van der Waals surface area contributed by atoms with Gasteiger partial charge < -0.3 is 0 Å². The first kappa shape index (κ1) is 12.8. The summed E-state index contributed by atoms with van der Waals surface area (Å²) in [5.41, 5.74) is -0.0495. The molecule has 0 radical (unpaired) electrons. The fraction of sp³-hybridized carbons (Fsp3) is 0.125. The smallest absolute Gasteiger partial charge is 0.258 e. The minimum Gasteiger partial charge on any atom is -0.258 e. The molecule has 0 N–H and O–H groups in total. The molecule has 0 atom stereocenters. The van der Waals surface area contributed by atoms with Gasteiger partial charge in [-0.2, -0.15) is 0 Å². The lowest BCUT2D eigenvalue weighted by Crippen LogP contribution is -2.16. The number of nitro groups is 1. The maximum Gasteiger partial charge on any atom is 0.415 e. The minimum absolute atomic E-state index is 0.140. The predicted molar refractivity (Wildman–Crippen MR) is 63.2 cm³/mol. The van der Waals surface area contributed by atoms with E-state index in [9.17, 15) is 19.3 Å². The molecular weight excluding hydrogens is 255 g/mol. The SMILES string of the molecule is CSSN(C(=O)F)c1cccc([N+](=O)[O-])c1. The van der Waals surface area contributed by atoms with Gasteiger partial charge in [0.15, 0.2) is 0 Å². The van der Waals surface area contributed by atoms with Crippen LogP contribution in [0, 0.1) is 10.1 Å². The molecule has 1 aromatic rings. The van der Waals surface area contributed by atoms with Gasteiger partial charge in [0.25, 0.3) is 5.69 Å². The summed E-state index contributed by atoms with van der Waals surface area (Å²) >= 11 is 0. The number of nitrogens with zero attached hydrogens (tertiary/aromatic N) is 2. The normalized spacial score (nSPS) is 9.88. The molecule has 0 heterocycles. The third-order valence-electron chi connectivity index (χ3n) is 1.58. The Labute approximate surface area is 98.7 Å². The molecule has 1 rings (SSSR count). The second-order valence-electron chi connectivity index (χ2n) is 2.57. The van der Waals surface area contributed by atoms with Crippen LogP contribution in [-0.2, 0) is 0 Å². The van der Waals surface area contributed by atoms with E-state index in [1.165, 1.54) is 18.2 Å². The average Bonchev–Trinajstić information content (AvgIpc) is 2.25. The number of benzene rings is 1. The second kappa shape index (κ2) is 5.71. The van der Waals surface area contributed by atoms with Crippen LogP contribution in [0.2, 0.25) is 0 Å². The molecule has 0 saturated carbocycles. The van der Waals surface area contributed by atoms with E-state index in [0.717, 1.165) is 32.1 Å². The summed E-state index contributed by atoms with van der Waals surface area (Å²) < 4.78 is 13.4. The van der Waals surface area contributed by atoms with Gasteiger partial charge in [-0.15, -0.1) is 4.39 Å². The van der Waals surface area contributed by atoms with Crippen molar-refractivity contribution in [1.82, 2.24) is 0 Å². The highest BCUT2D eigenvalue weighted by Gasteiger charge is 2.18. The van der Waals surface area contributed by atoms with Gasteiger partial charge in [-0.05, 0) is 12.3 Å². The van der Waals surface area contributed by atoms with E-state index in [0.29, 0.717) is 0 Å². The van der Waals surface area contributed by atoms with Crippen molar-refractivity contribution >= 4 is 39.3 Å². The molecule has 16 heavy (non-hydrogen) atoms. The Bertz CT molecular complexity index is 416. The Hall–Kier alpha value is -1.28. The van der Waals surface area contributed by atoms with E-state index in [2.05, 4.69) is 0 Å². The molecule has 0 spiro atoms. The van der Waals surface area contributed by atoms with Crippen LogP contribution in [-0.4, -0.2) is 17.3 Å². The number of hydrogen-bond acceptors (Lipinski definition) is 5. The van der Waals surface area contributed by atoms with Crippen LogP contribution in [0.3, 0.4) is 0 Å². The van der Waals surface area contributed by atoms with E-state index in [-0.39, 0.29) is 11.4 Å². The van der Waals surface area contributed by atoms with E-state index >= 15 is 0 Å². The molecule has 0 aromatic heterocycles. The number of rotatable bonds is 4. The standard InChI is InChI=1S/C8H7FN2O3S2/c1-15-16-10(8(9)12)6-3-2-4-7(5-6)11(13)14/h2-5H,1H3. The first-order valence-corrected chi connectivity index (χ1v) is 6.52. The lowest BCUT2D eigenvalue weighted by Gasteiger charge is -2.14. The van der Waals surface area contributed by atoms with Crippen LogP contribution in [0.15, 0.2) is 24.3 Å². The largest absolute Gasteiger partial charge is 0.415 e. The number of amides is 1. The zero-order valence-electron chi connectivity index (χ0n) is 8.12. The second-order valence-corrected chi connectivity index (χ2v) is 4.86. The number of halogens is 1. The van der Waals surface area contributed by atoms with Gasteiger partial charge in [-0.25, -0.2) is 9.10 Å². The Balaban J connectivity index is 3.04. The molecule has 0 saturated heterocycles. The molecule has 0 bridgehead atoms. The van der Waals surface area contributed by atoms with Gasteiger partial charge in [0.2, 0.25) is 0 Å². The van der Waals surface area contributed by atoms with Gasteiger partial charge in [0, 0.05) is 23.1 Å². The quantitative estimate of drug-likeness (QED) is 0.208. The topological polar surface area (TPSA) is 63.5 Å². The molecule has 0 aliphatic heterocycles. The van der Waals surface area contributed by atoms with Crippen LogP contribution in [0.1, 0.15) is 0 Å². The zero-order valence-corrected chi connectivity index (χ0v) is 9.76. The molecule has 86 valence electrons. The Morgan fingerprint density at radius 1 is 1.56 bits per heavy atom. The lowest BCUT2D eigenvalue weighted by molar-refractivity contribution is -0.384. The van der Waals surface area contributed by atoms with Crippen LogP contribution in [0.5, 0.6) is 0 Å². The summed E-state index contributed by atoms with van der Waals surface area (Å²) in [4.78, 5) is 20.6. The van der Waals surface area contributed by atoms with Gasteiger partial charge >= 0.3 is 6.16 Å². The van der Waals surface area contributed by atoms with Crippen molar-refractivity contribution in [2.24, 2.45) is 0 Å². The fourth-order valence-corrected chi connectivity index (χ4v) is 2.27. The number of anilines is 1. The maximum atomic E-state index is 12.7. The summed E-state index contributed by atoms with van der Waals surface area (Å²) in [6, 6.07) is 5.23. The summed E-state index contributed by atoms with van der Waals surface area (Å²) in [5.74, 6) is 0. The first-order chi connectivity index (χ1) is 7.56. The highest BCUT2D eigenvalue weighted by Crippen LogP contribution is 2.32. The Morgan fingerprint density at radius 3 is 2.75 bits per heavy atom. The highest BCUT2D eigenvalue weighted by molar-refractivity contribution is 8.77. The van der Waals surface area contributed by atoms with Crippen molar-refractivity contribution in [3.05, 3.63) is 34.4 Å². The Kier molecular flexibility index (Phi) is 4.56. The minimum atomic E-state index is -1.67. The number of non-ortho nitro benzene ring substituents is 1. The van der Waals surface area contributed by atoms with Gasteiger partial charge in [-0.1, -0.05) is 16.9 Å². The van der Waals surface area contributed by atoms with E-state index < -0.39 is 11.1 Å². The number of nitro benzene ring substituents is 1. The zero-order chi connectivity index (χ0) is 12.1. The Morgan fingerprint density at radius 2 is 2.25 bits per heavy atom. The summed E-state index contributed by atoms with van der Waals surface area (Å²) in [6.45, 7) is 0. The molecule has 1 aromatic carbocycles. The van der Waals surface area contributed by atoms with Crippen molar-refractivity contribution in [2.45, 2.75) is 0 Å². The number of carbonyl (C=O) groups excluding carboxylic acids is 1. The molecule has 8 heteroatoms. The molecule has 0 aliphatic rings. The van der Waals surface area contributed by atoms with Crippen molar-refractivity contribution in [3.63, 3.8) is 0 Å². The number of carbonyl (C=O) groups is 1. The van der Waals surface area contributed by atoms with Crippen LogP contribution in [0.4, 0.5) is 20.6 Å². The summed E-state index contributed by atoms with van der Waals surface area (Å²) in [7, 11) is 2.02. The molecular formula is C8H7FN2O3S2. The molecule has 0 aliphatic carbocycles. The van der Waals surface area contributed by atoms with Crippen molar-refractivity contribution in [2.75, 3.05) is 10.6 Å². The van der Waals surface area contributed by atoms with Crippen LogP contribution < -0.4 is 4.31 Å². The third kappa shape index (κ3) is 3.11. The highest BCUT2D eigenvalue weighted by atomic mass is 33.1. The average molecular weight is 262 g/mol. The number of hydrogen-bond donors (Lipinski definition) is 0. The maximum absolute atomic E-state index is 12.7. The monoisotopic (exact) mass is 262 g/mol. The van der Waals surface area contributed by atoms with Gasteiger partial charge in [0.1, 0.15) is 0 Å². The lowest BCUT2D eigenvalue weighted by atomic mass is 10.3. The van der Waals surface area contributed by atoms with Crippen LogP contribution >= 0.6 is 21.8 Å². The molecule has 0 unspecified atom stereocenters. The van der Waals surface area contributed by atoms with E-state index in [1.807, 2.05) is 0 Å². The van der Waals surface area contributed by atoms with Crippen LogP contribution in [0.25, 0.3) is 0 Å². The van der Waals surface area contributed by atoms with E-state index in [4.69, 9.17) is 0 Å². The fourth-order valence-electron chi connectivity index (χ4n) is 0.981. The predicted octanol–water partition coefficient (Wildman–Crippen LogP) is 3.42. The third-order valence-corrected chi connectivity index (χ3v) is 3.13. The summed E-state index contributed by atoms with van der Waals surface area (Å²) in [5, 5.41) is 10.5. The van der Waals surface area contributed by atoms with Gasteiger partial charge in [-0.3, -0.25) is 10.1 Å². The molecule has 5 nitrogen and oxygen atoms in total. The van der Waals surface area contributed by atoms with Gasteiger partial charge in [0.05, 0.1) is 10.6 Å². The summed E-state index contributed by atoms with van der Waals surface area (Å²) in [6.07, 6.45) is -0.00217.